The van der Waals surface area contributed by atoms with Crippen molar-refractivity contribution in [2.75, 3.05) is 10.2 Å². The van der Waals surface area contributed by atoms with Gasteiger partial charge in [-0.2, -0.15) is 0 Å². The summed E-state index contributed by atoms with van der Waals surface area (Å²) >= 11 is 0. The van der Waals surface area contributed by atoms with Crippen LogP contribution in [-0.2, 0) is 14.4 Å². The van der Waals surface area contributed by atoms with E-state index in [2.05, 4.69) is 5.32 Å². The molecule has 1 unspecified atom stereocenters. The molecule has 3 aromatic carbocycles. The number of benzene rings is 3. The van der Waals surface area contributed by atoms with Crippen LogP contribution in [0.15, 0.2) is 72.8 Å². The van der Waals surface area contributed by atoms with E-state index in [4.69, 9.17) is 10.5 Å². The fourth-order valence-corrected chi connectivity index (χ4v) is 6.61. The number of carbonyl (C=O) groups excluding carboxylic acids is 4. The fraction of sp³-hybridized carbons (Fsp3) is 0.389. The highest BCUT2D eigenvalue weighted by Gasteiger charge is 2.60. The molecule has 2 fully saturated rings. The Balaban J connectivity index is 1.55. The van der Waals surface area contributed by atoms with Gasteiger partial charge < -0.3 is 15.8 Å². The zero-order chi connectivity index (χ0) is 32.3. The number of nitrogens with one attached hydrogen (secondary N) is 1. The molecule has 0 bridgehead atoms. The molecule has 1 saturated heterocycles. The van der Waals surface area contributed by atoms with Crippen molar-refractivity contribution >= 4 is 35.1 Å². The number of nitrogens with two attached hydrogens (primary N) is 1. The van der Waals surface area contributed by atoms with E-state index < -0.39 is 41.8 Å². The number of para-hydroxylation sites is 2. The molecule has 1 aliphatic heterocycles. The second kappa shape index (κ2) is 13.1. The van der Waals surface area contributed by atoms with Crippen LogP contribution in [-0.4, -0.2) is 40.2 Å². The maximum atomic E-state index is 14.5. The van der Waals surface area contributed by atoms with Gasteiger partial charge in [0.25, 0.3) is 5.91 Å². The van der Waals surface area contributed by atoms with E-state index in [-0.39, 0.29) is 11.8 Å². The number of ether oxygens (including phenoxy) is 1. The lowest BCUT2D eigenvalue weighted by molar-refractivity contribution is -0.138. The maximum absolute atomic E-state index is 14.5. The minimum absolute atomic E-state index is 0.0926. The molecular weight excluding hydrogens is 568 g/mol. The molecule has 1 atom stereocenters. The molecule has 45 heavy (non-hydrogen) atoms. The van der Waals surface area contributed by atoms with Gasteiger partial charge in [-0.1, -0.05) is 89.4 Å². The summed E-state index contributed by atoms with van der Waals surface area (Å²) in [7, 11) is 0. The number of rotatable bonds is 10. The first kappa shape index (κ1) is 31.8. The first-order valence-electron chi connectivity index (χ1n) is 15.8. The summed E-state index contributed by atoms with van der Waals surface area (Å²) in [5, 5.41) is 3.02. The predicted octanol–water partition coefficient (Wildman–Crippen LogP) is 7.08. The van der Waals surface area contributed by atoms with Crippen LogP contribution in [0.3, 0.4) is 0 Å². The average Bonchev–Trinajstić information content (AvgIpc) is 3.21. The molecule has 2 aliphatic rings. The lowest BCUT2D eigenvalue weighted by Crippen LogP contribution is -2.53. The summed E-state index contributed by atoms with van der Waals surface area (Å²) in [4.78, 5) is 57.9. The number of hydrogen-bond donors (Lipinski definition) is 2. The van der Waals surface area contributed by atoms with Crippen molar-refractivity contribution in [3.05, 3.63) is 83.9 Å². The number of imide groups is 1. The molecular formula is C36H42N4O5. The van der Waals surface area contributed by atoms with Gasteiger partial charge in [0, 0.05) is 11.8 Å². The van der Waals surface area contributed by atoms with Crippen molar-refractivity contribution in [1.29, 1.82) is 0 Å². The van der Waals surface area contributed by atoms with E-state index in [1.807, 2.05) is 76.2 Å². The Labute approximate surface area is 264 Å². The van der Waals surface area contributed by atoms with Gasteiger partial charge in [0.1, 0.15) is 23.1 Å². The summed E-state index contributed by atoms with van der Waals surface area (Å²) in [5.41, 5.74) is 7.43. The Hall–Kier alpha value is -4.66. The number of anilines is 2. The Morgan fingerprint density at radius 1 is 0.844 bits per heavy atom. The third kappa shape index (κ3) is 6.30. The van der Waals surface area contributed by atoms with Gasteiger partial charge >= 0.3 is 6.03 Å². The number of nitrogens with zero attached hydrogens (tertiary/aromatic N) is 2. The minimum Gasteiger partial charge on any atom is -0.457 e. The van der Waals surface area contributed by atoms with E-state index in [0.29, 0.717) is 35.7 Å². The molecule has 3 aromatic rings. The molecule has 3 N–H and O–H groups in total. The molecule has 1 aliphatic carbocycles. The average molecular weight is 611 g/mol. The van der Waals surface area contributed by atoms with Crippen LogP contribution >= 0.6 is 0 Å². The lowest BCUT2D eigenvalue weighted by atomic mass is 9.80. The lowest BCUT2D eigenvalue weighted by Gasteiger charge is -2.38. The van der Waals surface area contributed by atoms with Gasteiger partial charge in [0.15, 0.2) is 0 Å². The van der Waals surface area contributed by atoms with E-state index >= 15 is 0 Å². The van der Waals surface area contributed by atoms with Crippen molar-refractivity contribution in [3.63, 3.8) is 0 Å². The summed E-state index contributed by atoms with van der Waals surface area (Å²) < 4.78 is 6.05. The van der Waals surface area contributed by atoms with Crippen LogP contribution < -0.4 is 20.7 Å². The quantitative estimate of drug-likeness (QED) is 0.238. The zero-order valence-corrected chi connectivity index (χ0v) is 26.4. The highest BCUT2D eigenvalue weighted by Crippen LogP contribution is 2.45. The molecule has 5 rings (SSSR count). The third-order valence-corrected chi connectivity index (χ3v) is 8.81. The normalized spacial score (nSPS) is 16.8. The van der Waals surface area contributed by atoms with Crippen molar-refractivity contribution < 1.29 is 23.9 Å². The monoisotopic (exact) mass is 610 g/mol. The molecule has 1 saturated carbocycles. The molecule has 9 heteroatoms. The molecule has 5 amide bonds. The van der Waals surface area contributed by atoms with E-state index in [9.17, 15) is 19.2 Å². The zero-order valence-electron chi connectivity index (χ0n) is 26.4. The van der Waals surface area contributed by atoms with Crippen molar-refractivity contribution in [2.45, 2.75) is 89.6 Å². The maximum Gasteiger partial charge on any atom is 0.332 e. The Kier molecular flexibility index (Phi) is 9.27. The fourth-order valence-electron chi connectivity index (χ4n) is 6.61. The number of urea groups is 1. The molecule has 236 valence electrons. The second-order valence-corrected chi connectivity index (χ2v) is 12.6. The van der Waals surface area contributed by atoms with Crippen LogP contribution in [0.1, 0.15) is 89.2 Å². The summed E-state index contributed by atoms with van der Waals surface area (Å²) in [5.74, 6) is -0.575. The smallest absolute Gasteiger partial charge is 0.332 e. The van der Waals surface area contributed by atoms with Crippen LogP contribution in [0, 0.1) is 0 Å². The Bertz CT molecular complexity index is 1550. The number of hydrogen-bond acceptors (Lipinski definition) is 5. The first-order valence-corrected chi connectivity index (χ1v) is 15.8. The van der Waals surface area contributed by atoms with Gasteiger partial charge in [-0.3, -0.25) is 19.3 Å². The predicted molar refractivity (Wildman–Crippen MR) is 174 cm³/mol. The summed E-state index contributed by atoms with van der Waals surface area (Å²) in [6.45, 7) is 8.13. The number of carbonyl (C=O) groups is 4. The van der Waals surface area contributed by atoms with Gasteiger partial charge in [-0.05, 0) is 60.1 Å². The third-order valence-electron chi connectivity index (χ3n) is 8.81. The van der Waals surface area contributed by atoms with Gasteiger partial charge in [0.2, 0.25) is 11.8 Å². The van der Waals surface area contributed by atoms with E-state index in [0.717, 1.165) is 35.3 Å². The minimum atomic E-state index is -1.42. The van der Waals surface area contributed by atoms with E-state index in [1.165, 1.54) is 4.90 Å². The van der Waals surface area contributed by atoms with Gasteiger partial charge in [-0.15, -0.1) is 0 Å². The van der Waals surface area contributed by atoms with Crippen LogP contribution in [0.25, 0.3) is 0 Å². The van der Waals surface area contributed by atoms with Crippen molar-refractivity contribution in [3.8, 4) is 11.5 Å². The largest absolute Gasteiger partial charge is 0.457 e. The van der Waals surface area contributed by atoms with E-state index in [1.54, 1.807) is 24.3 Å². The number of amides is 5. The second-order valence-electron chi connectivity index (χ2n) is 12.6. The molecule has 0 radical (unpaired) electrons. The number of primary amides is 1. The first-order chi connectivity index (χ1) is 21.5. The summed E-state index contributed by atoms with van der Waals surface area (Å²) in [6, 6.07) is 20.1. The molecule has 1 spiro atoms. The van der Waals surface area contributed by atoms with Gasteiger partial charge in [-0.25, -0.2) is 9.69 Å². The van der Waals surface area contributed by atoms with Crippen molar-refractivity contribution in [1.82, 2.24) is 4.90 Å². The van der Waals surface area contributed by atoms with Crippen LogP contribution in [0.2, 0.25) is 0 Å². The molecule has 0 aromatic heterocycles. The van der Waals surface area contributed by atoms with Crippen LogP contribution in [0.4, 0.5) is 16.2 Å². The molecule has 9 nitrogen and oxygen atoms in total. The standard InChI is InChI=1S/C36H42N4O5/c1-23(2)28-17-12-18-29(24(3)4)32(28)38-33(42)30(22-31(37)41)39-34(43)36(19-9-6-10-20-36)40(35(39)44)25-13-11-16-27(21-25)45-26-14-7-5-8-15-26/h5,7-8,11-18,21,23-24,30H,6,9-10,19-20,22H2,1-4H3,(H2,37,41)(H,38,42). The van der Waals surface area contributed by atoms with Crippen LogP contribution in [0.5, 0.6) is 11.5 Å². The highest BCUT2D eigenvalue weighted by atomic mass is 16.5. The summed E-state index contributed by atoms with van der Waals surface area (Å²) in [6.07, 6.45) is 2.81. The van der Waals surface area contributed by atoms with Gasteiger partial charge in [0.05, 0.1) is 12.1 Å². The SMILES string of the molecule is CC(C)c1cccc(C(C)C)c1NC(=O)C(CC(N)=O)N1C(=O)N(c2cccc(Oc3ccccc3)c2)C2(CCCCC2)C1=O. The van der Waals surface area contributed by atoms with Crippen molar-refractivity contribution in [2.24, 2.45) is 5.73 Å². The highest BCUT2D eigenvalue weighted by molar-refractivity contribution is 6.19. The Morgan fingerprint density at radius 2 is 1.44 bits per heavy atom. The molecule has 1 heterocycles. The Morgan fingerprint density at radius 3 is 2.04 bits per heavy atom. The topological polar surface area (TPSA) is 122 Å².